The Kier molecular flexibility index (Phi) is 4.31. The molecule has 0 saturated carbocycles. The minimum absolute atomic E-state index is 0.0557. The number of hydrogen-bond donors (Lipinski definition) is 0. The first-order valence-electron chi connectivity index (χ1n) is 8.45. The zero-order valence-corrected chi connectivity index (χ0v) is 14.5. The fourth-order valence-corrected chi connectivity index (χ4v) is 3.00. The molecule has 0 fully saturated rings. The van der Waals surface area contributed by atoms with E-state index < -0.39 is 0 Å². The molecule has 1 aliphatic rings. The van der Waals surface area contributed by atoms with Crippen molar-refractivity contribution in [3.63, 3.8) is 0 Å². The minimum Gasteiger partial charge on any atom is -0.497 e. The maximum atomic E-state index is 12.9. The summed E-state index contributed by atoms with van der Waals surface area (Å²) in [5.74, 6) is 1.49. The van der Waals surface area contributed by atoms with Gasteiger partial charge < -0.3 is 14.4 Å². The molecule has 0 unspecified atom stereocenters. The molecule has 6 heteroatoms. The minimum atomic E-state index is -0.0557. The number of nitrogens with zero attached hydrogens (tertiary/aromatic N) is 3. The lowest BCUT2D eigenvalue weighted by Crippen LogP contribution is -2.40. The lowest BCUT2D eigenvalue weighted by atomic mass is 10.2. The van der Waals surface area contributed by atoms with E-state index in [0.717, 1.165) is 22.9 Å². The van der Waals surface area contributed by atoms with Crippen LogP contribution >= 0.6 is 0 Å². The predicted molar refractivity (Wildman–Crippen MR) is 97.7 cm³/mol. The Morgan fingerprint density at radius 3 is 2.50 bits per heavy atom. The number of fused-ring (bicyclic) bond motifs is 1. The van der Waals surface area contributed by atoms with Crippen molar-refractivity contribution in [2.24, 2.45) is 0 Å². The molecule has 132 valence electrons. The number of hydrogen-bond acceptors (Lipinski definition) is 4. The van der Waals surface area contributed by atoms with Crippen molar-refractivity contribution >= 4 is 11.6 Å². The summed E-state index contributed by atoms with van der Waals surface area (Å²) < 4.78 is 12.7. The van der Waals surface area contributed by atoms with Crippen molar-refractivity contribution in [3.8, 4) is 11.5 Å². The van der Waals surface area contributed by atoms with Gasteiger partial charge in [-0.05, 0) is 42.5 Å². The average molecular weight is 349 g/mol. The number of rotatable bonds is 5. The van der Waals surface area contributed by atoms with Crippen molar-refractivity contribution in [2.75, 3.05) is 18.6 Å². The van der Waals surface area contributed by atoms with Gasteiger partial charge in [-0.15, -0.1) is 0 Å². The van der Waals surface area contributed by atoms with E-state index in [0.29, 0.717) is 25.4 Å². The van der Waals surface area contributed by atoms with Crippen molar-refractivity contribution in [3.05, 3.63) is 72.1 Å². The normalized spacial score (nSPS) is 13.4. The number of methoxy groups -OCH3 is 1. The molecule has 0 bridgehead atoms. The largest absolute Gasteiger partial charge is 0.497 e. The molecule has 0 saturated heterocycles. The van der Waals surface area contributed by atoms with Gasteiger partial charge in [-0.25, -0.2) is 0 Å². The van der Waals surface area contributed by atoms with Crippen molar-refractivity contribution in [1.82, 2.24) is 9.78 Å². The SMILES string of the molecule is COc1ccc(N2CCn3nc(COc4ccccc4)cc3C2=O)cc1. The van der Waals surface area contributed by atoms with Gasteiger partial charge in [0.15, 0.2) is 0 Å². The van der Waals surface area contributed by atoms with Crippen molar-refractivity contribution < 1.29 is 14.3 Å². The second-order valence-corrected chi connectivity index (χ2v) is 6.00. The van der Waals surface area contributed by atoms with Crippen LogP contribution in [0.3, 0.4) is 0 Å². The highest BCUT2D eigenvalue weighted by Crippen LogP contribution is 2.24. The highest BCUT2D eigenvalue weighted by molar-refractivity contribution is 6.05. The second-order valence-electron chi connectivity index (χ2n) is 6.00. The summed E-state index contributed by atoms with van der Waals surface area (Å²) in [6, 6.07) is 18.9. The van der Waals surface area contributed by atoms with E-state index in [1.807, 2.05) is 54.6 Å². The summed E-state index contributed by atoms with van der Waals surface area (Å²) >= 11 is 0. The number of aromatic nitrogens is 2. The van der Waals surface area contributed by atoms with Crippen LogP contribution < -0.4 is 14.4 Å². The third-order valence-corrected chi connectivity index (χ3v) is 4.34. The summed E-state index contributed by atoms with van der Waals surface area (Å²) in [5.41, 5.74) is 2.18. The van der Waals surface area contributed by atoms with E-state index in [1.165, 1.54) is 0 Å². The van der Waals surface area contributed by atoms with E-state index in [1.54, 1.807) is 22.8 Å². The molecular weight excluding hydrogens is 330 g/mol. The topological polar surface area (TPSA) is 56.6 Å². The van der Waals surface area contributed by atoms with Gasteiger partial charge in [0.05, 0.1) is 13.7 Å². The number of anilines is 1. The van der Waals surface area contributed by atoms with Gasteiger partial charge in [-0.3, -0.25) is 9.48 Å². The maximum Gasteiger partial charge on any atom is 0.276 e. The number of ether oxygens (including phenoxy) is 2. The van der Waals surface area contributed by atoms with E-state index in [2.05, 4.69) is 5.10 Å². The lowest BCUT2D eigenvalue weighted by Gasteiger charge is -2.27. The van der Waals surface area contributed by atoms with Crippen molar-refractivity contribution in [1.29, 1.82) is 0 Å². The average Bonchev–Trinajstić information content (AvgIpc) is 3.12. The second kappa shape index (κ2) is 6.92. The van der Waals surface area contributed by atoms with Gasteiger partial charge in [0.2, 0.25) is 0 Å². The molecule has 2 heterocycles. The van der Waals surface area contributed by atoms with Gasteiger partial charge in [-0.2, -0.15) is 5.10 Å². The van der Waals surface area contributed by atoms with Gasteiger partial charge in [-0.1, -0.05) is 18.2 Å². The van der Waals surface area contributed by atoms with E-state index in [9.17, 15) is 4.79 Å². The van der Waals surface area contributed by atoms with Crippen LogP contribution in [0.4, 0.5) is 5.69 Å². The van der Waals surface area contributed by atoms with Gasteiger partial charge in [0.1, 0.15) is 29.5 Å². The number of carbonyl (C=O) groups excluding carboxylic acids is 1. The van der Waals surface area contributed by atoms with E-state index in [-0.39, 0.29) is 5.91 Å². The fraction of sp³-hybridized carbons (Fsp3) is 0.200. The quantitative estimate of drug-likeness (QED) is 0.710. The molecule has 6 nitrogen and oxygen atoms in total. The number of benzene rings is 2. The summed E-state index contributed by atoms with van der Waals surface area (Å²) in [6.07, 6.45) is 0. The molecule has 3 aromatic rings. The molecule has 2 aromatic carbocycles. The highest BCUT2D eigenvalue weighted by Gasteiger charge is 2.27. The van der Waals surface area contributed by atoms with Crippen LogP contribution in [0.2, 0.25) is 0 Å². The monoisotopic (exact) mass is 349 g/mol. The number of para-hydroxylation sites is 1. The third kappa shape index (κ3) is 3.13. The first-order valence-corrected chi connectivity index (χ1v) is 8.45. The van der Waals surface area contributed by atoms with Crippen LogP contribution in [0.25, 0.3) is 0 Å². The van der Waals surface area contributed by atoms with Gasteiger partial charge in [0, 0.05) is 12.2 Å². The fourth-order valence-electron chi connectivity index (χ4n) is 3.00. The zero-order chi connectivity index (χ0) is 17.9. The molecule has 0 radical (unpaired) electrons. The highest BCUT2D eigenvalue weighted by atomic mass is 16.5. The Labute approximate surface area is 151 Å². The number of carbonyl (C=O) groups is 1. The van der Waals surface area contributed by atoms with Crippen LogP contribution in [0.15, 0.2) is 60.7 Å². The van der Waals surface area contributed by atoms with Crippen LogP contribution in [0.1, 0.15) is 16.2 Å². The third-order valence-electron chi connectivity index (χ3n) is 4.34. The first kappa shape index (κ1) is 16.2. The smallest absolute Gasteiger partial charge is 0.276 e. The molecule has 0 N–H and O–H groups in total. The molecule has 1 aliphatic heterocycles. The zero-order valence-electron chi connectivity index (χ0n) is 14.5. The maximum absolute atomic E-state index is 12.9. The van der Waals surface area contributed by atoms with Crippen LogP contribution in [-0.2, 0) is 13.2 Å². The van der Waals surface area contributed by atoms with Crippen LogP contribution in [-0.4, -0.2) is 29.3 Å². The first-order chi connectivity index (χ1) is 12.7. The molecule has 0 aliphatic carbocycles. The van der Waals surface area contributed by atoms with Crippen LogP contribution in [0.5, 0.6) is 11.5 Å². The van der Waals surface area contributed by atoms with E-state index >= 15 is 0 Å². The van der Waals surface area contributed by atoms with Gasteiger partial charge in [0.25, 0.3) is 5.91 Å². The van der Waals surface area contributed by atoms with E-state index in [4.69, 9.17) is 9.47 Å². The Bertz CT molecular complexity index is 904. The Morgan fingerprint density at radius 1 is 1.00 bits per heavy atom. The summed E-state index contributed by atoms with van der Waals surface area (Å²) in [7, 11) is 1.62. The Balaban J connectivity index is 1.50. The lowest BCUT2D eigenvalue weighted by molar-refractivity contribution is 0.0962. The summed E-state index contributed by atoms with van der Waals surface area (Å²) in [5, 5.41) is 4.50. The molecule has 26 heavy (non-hydrogen) atoms. The predicted octanol–water partition coefficient (Wildman–Crippen LogP) is 3.13. The number of amides is 1. The molecule has 4 rings (SSSR count). The Morgan fingerprint density at radius 2 is 1.77 bits per heavy atom. The molecule has 0 atom stereocenters. The van der Waals surface area contributed by atoms with Crippen LogP contribution in [0, 0.1) is 0 Å². The molecule has 1 aromatic heterocycles. The van der Waals surface area contributed by atoms with Crippen molar-refractivity contribution in [2.45, 2.75) is 13.2 Å². The Hall–Kier alpha value is -3.28. The molecule has 1 amide bonds. The summed E-state index contributed by atoms with van der Waals surface area (Å²) in [4.78, 5) is 14.6. The summed E-state index contributed by atoms with van der Waals surface area (Å²) in [6.45, 7) is 1.57. The molecular formula is C20H19N3O3. The standard InChI is InChI=1S/C20H19N3O3/c1-25-17-9-7-16(8-10-17)22-11-12-23-19(20(22)24)13-15(21-23)14-26-18-5-3-2-4-6-18/h2-10,13H,11-12,14H2,1H3. The molecule has 0 spiro atoms. The van der Waals surface area contributed by atoms with Gasteiger partial charge >= 0.3 is 0 Å².